The van der Waals surface area contributed by atoms with Crippen molar-refractivity contribution in [3.8, 4) is 0 Å². The number of ketones is 1. The van der Waals surface area contributed by atoms with Crippen LogP contribution in [0, 0.1) is 5.92 Å². The van der Waals surface area contributed by atoms with Gasteiger partial charge in [-0.1, -0.05) is 26.7 Å². The van der Waals surface area contributed by atoms with Gasteiger partial charge < -0.3 is 16.4 Å². The van der Waals surface area contributed by atoms with Crippen molar-refractivity contribution in [3.05, 3.63) is 0 Å². The van der Waals surface area contributed by atoms with Gasteiger partial charge in [0.15, 0.2) is 5.78 Å². The zero-order chi connectivity index (χ0) is 14.2. The molecule has 0 atom stereocenters. The summed E-state index contributed by atoms with van der Waals surface area (Å²) in [7, 11) is 3.75. The van der Waals surface area contributed by atoms with E-state index in [0.29, 0.717) is 19.8 Å². The molecule has 5 nitrogen and oxygen atoms in total. The Hall–Kier alpha value is -0.490. The molecular weight excluding hydrogens is 228 g/mol. The quantitative estimate of drug-likeness (QED) is 0.336. The summed E-state index contributed by atoms with van der Waals surface area (Å²) in [6.07, 6.45) is 3.65. The zero-order valence-electron chi connectivity index (χ0n) is 12.5. The van der Waals surface area contributed by atoms with E-state index in [-0.39, 0.29) is 5.78 Å². The minimum Gasteiger partial charge on any atom is -0.323 e. The molecule has 0 aromatic carbocycles. The van der Waals surface area contributed by atoms with E-state index < -0.39 is 0 Å². The maximum Gasteiger partial charge on any atom is 0.160 e. The van der Waals surface area contributed by atoms with Crippen LogP contribution < -0.4 is 21.7 Å². The Bertz CT molecular complexity index is 174. The van der Waals surface area contributed by atoms with Gasteiger partial charge in [-0.05, 0) is 33.0 Å². The molecule has 0 heterocycles. The smallest absolute Gasteiger partial charge is 0.160 e. The summed E-state index contributed by atoms with van der Waals surface area (Å²) in [6.45, 7) is 6.58. The SMILES string of the molecule is CC(C)CCCCNCC(=O)CNCN.CNC. The van der Waals surface area contributed by atoms with Gasteiger partial charge >= 0.3 is 0 Å². The van der Waals surface area contributed by atoms with E-state index in [9.17, 15) is 4.79 Å². The van der Waals surface area contributed by atoms with Crippen LogP contribution in [-0.4, -0.2) is 46.2 Å². The number of hydrogen-bond acceptors (Lipinski definition) is 5. The molecule has 0 rings (SSSR count). The first kappa shape index (κ1) is 19.8. The maximum absolute atomic E-state index is 11.2. The summed E-state index contributed by atoms with van der Waals surface area (Å²) < 4.78 is 0. The Morgan fingerprint density at radius 3 is 2.17 bits per heavy atom. The fourth-order valence-corrected chi connectivity index (χ4v) is 1.30. The molecule has 0 saturated carbocycles. The van der Waals surface area contributed by atoms with E-state index in [1.54, 1.807) is 0 Å². The van der Waals surface area contributed by atoms with Gasteiger partial charge in [0.1, 0.15) is 0 Å². The number of nitrogens with two attached hydrogens (primary N) is 1. The van der Waals surface area contributed by atoms with Crippen molar-refractivity contribution in [1.29, 1.82) is 0 Å². The van der Waals surface area contributed by atoms with Crippen LogP contribution in [-0.2, 0) is 4.79 Å². The lowest BCUT2D eigenvalue weighted by Gasteiger charge is -2.06. The van der Waals surface area contributed by atoms with E-state index in [1.807, 2.05) is 14.1 Å². The van der Waals surface area contributed by atoms with Crippen LogP contribution in [0.4, 0.5) is 0 Å². The van der Waals surface area contributed by atoms with Crippen molar-refractivity contribution in [2.45, 2.75) is 33.1 Å². The fraction of sp³-hybridized carbons (Fsp3) is 0.923. The Balaban J connectivity index is 0. The fourth-order valence-electron chi connectivity index (χ4n) is 1.30. The first-order valence-electron chi connectivity index (χ1n) is 6.80. The van der Waals surface area contributed by atoms with Crippen molar-refractivity contribution in [2.75, 3.05) is 40.4 Å². The molecule has 0 amide bonds. The summed E-state index contributed by atoms with van der Waals surface area (Å²) in [5.41, 5.74) is 5.22. The van der Waals surface area contributed by atoms with Gasteiger partial charge in [0, 0.05) is 6.67 Å². The minimum atomic E-state index is 0.171. The minimum absolute atomic E-state index is 0.171. The normalized spacial score (nSPS) is 10.1. The number of carbonyl (C=O) groups excluding carboxylic acids is 1. The molecule has 0 fully saturated rings. The second-order valence-corrected chi connectivity index (χ2v) is 4.74. The molecule has 110 valence electrons. The Morgan fingerprint density at radius 2 is 1.67 bits per heavy atom. The van der Waals surface area contributed by atoms with E-state index in [0.717, 1.165) is 18.9 Å². The van der Waals surface area contributed by atoms with Crippen molar-refractivity contribution in [3.63, 3.8) is 0 Å². The van der Waals surface area contributed by atoms with Gasteiger partial charge in [-0.25, -0.2) is 0 Å². The van der Waals surface area contributed by atoms with Gasteiger partial charge in [-0.3, -0.25) is 10.1 Å². The van der Waals surface area contributed by atoms with Crippen LogP contribution in [0.2, 0.25) is 0 Å². The first-order valence-corrected chi connectivity index (χ1v) is 6.80. The average Bonchev–Trinajstić information content (AvgIpc) is 2.31. The number of carbonyl (C=O) groups is 1. The molecule has 0 aliphatic carbocycles. The lowest BCUT2D eigenvalue weighted by Crippen LogP contribution is -2.34. The van der Waals surface area contributed by atoms with E-state index >= 15 is 0 Å². The molecule has 0 bridgehead atoms. The van der Waals surface area contributed by atoms with Crippen LogP contribution in [0.5, 0.6) is 0 Å². The third kappa shape index (κ3) is 20.9. The number of rotatable bonds is 10. The largest absolute Gasteiger partial charge is 0.323 e. The maximum atomic E-state index is 11.2. The summed E-state index contributed by atoms with van der Waals surface area (Å²) in [4.78, 5) is 11.2. The molecule has 0 aromatic heterocycles. The highest BCUT2D eigenvalue weighted by atomic mass is 16.1. The summed E-state index contributed by atoms with van der Waals surface area (Å²) in [5, 5.41) is 8.69. The van der Waals surface area contributed by atoms with Crippen LogP contribution in [0.1, 0.15) is 33.1 Å². The van der Waals surface area contributed by atoms with E-state index in [1.165, 1.54) is 12.8 Å². The molecule has 5 heteroatoms. The zero-order valence-corrected chi connectivity index (χ0v) is 12.5. The van der Waals surface area contributed by atoms with Gasteiger partial charge in [0.2, 0.25) is 0 Å². The average molecular weight is 260 g/mol. The molecule has 18 heavy (non-hydrogen) atoms. The third-order valence-corrected chi connectivity index (χ3v) is 2.17. The highest BCUT2D eigenvalue weighted by molar-refractivity contribution is 5.82. The van der Waals surface area contributed by atoms with Crippen molar-refractivity contribution in [1.82, 2.24) is 16.0 Å². The first-order chi connectivity index (χ1) is 8.58. The van der Waals surface area contributed by atoms with Gasteiger partial charge in [-0.2, -0.15) is 0 Å². The topological polar surface area (TPSA) is 79.2 Å². The highest BCUT2D eigenvalue weighted by Gasteiger charge is 1.99. The second kappa shape index (κ2) is 16.5. The highest BCUT2D eigenvalue weighted by Crippen LogP contribution is 2.04. The summed E-state index contributed by atoms with van der Waals surface area (Å²) in [5.74, 6) is 0.949. The summed E-state index contributed by atoms with van der Waals surface area (Å²) in [6, 6.07) is 0. The van der Waals surface area contributed by atoms with Gasteiger partial charge in [0.05, 0.1) is 13.1 Å². The van der Waals surface area contributed by atoms with Gasteiger partial charge in [0.25, 0.3) is 0 Å². The Morgan fingerprint density at radius 1 is 1.11 bits per heavy atom. The third-order valence-electron chi connectivity index (χ3n) is 2.17. The molecule has 0 aliphatic heterocycles. The van der Waals surface area contributed by atoms with Crippen LogP contribution >= 0.6 is 0 Å². The molecule has 0 aliphatic rings. The van der Waals surface area contributed by atoms with Crippen LogP contribution in [0.3, 0.4) is 0 Å². The number of nitrogens with one attached hydrogen (secondary N) is 3. The molecule has 0 radical (unpaired) electrons. The molecule has 5 N–H and O–H groups in total. The van der Waals surface area contributed by atoms with Crippen LogP contribution in [0.15, 0.2) is 0 Å². The second-order valence-electron chi connectivity index (χ2n) is 4.74. The lowest BCUT2D eigenvalue weighted by molar-refractivity contribution is -0.117. The Labute approximate surface area is 112 Å². The van der Waals surface area contributed by atoms with Gasteiger partial charge in [-0.15, -0.1) is 0 Å². The lowest BCUT2D eigenvalue weighted by atomic mass is 10.1. The number of hydrogen-bond donors (Lipinski definition) is 4. The molecule has 0 spiro atoms. The number of Topliss-reactive ketones (excluding diaryl/α,β-unsaturated/α-hetero) is 1. The summed E-state index contributed by atoms with van der Waals surface area (Å²) >= 11 is 0. The van der Waals surface area contributed by atoms with Crippen molar-refractivity contribution >= 4 is 5.78 Å². The van der Waals surface area contributed by atoms with Crippen LogP contribution in [0.25, 0.3) is 0 Å². The molecule has 0 saturated heterocycles. The van der Waals surface area contributed by atoms with Crippen molar-refractivity contribution < 1.29 is 4.79 Å². The molecular formula is C13H32N4O. The van der Waals surface area contributed by atoms with E-state index in [2.05, 4.69) is 29.8 Å². The predicted molar refractivity (Wildman–Crippen MR) is 78.6 cm³/mol. The number of unbranched alkanes of at least 4 members (excludes halogenated alkanes) is 1. The molecule has 0 unspecified atom stereocenters. The standard InChI is InChI=1S/C11H25N3O.C2H7N/c1-10(2)5-3-4-6-13-7-11(15)8-14-9-12;1-3-2/h10,13-14H,3-9,12H2,1-2H3;3H,1-2H3. The van der Waals surface area contributed by atoms with Crippen molar-refractivity contribution in [2.24, 2.45) is 11.7 Å². The monoisotopic (exact) mass is 260 g/mol. The van der Waals surface area contributed by atoms with E-state index in [4.69, 9.17) is 5.73 Å². The predicted octanol–water partition coefficient (Wildman–Crippen LogP) is 0.313. The Kier molecular flexibility index (Phi) is 18.2. The molecule has 0 aromatic rings.